The first-order chi connectivity index (χ1) is 10.0. The van der Waals surface area contributed by atoms with Gasteiger partial charge in [-0.05, 0) is 18.9 Å². The third-order valence-electron chi connectivity index (χ3n) is 4.27. The lowest BCUT2D eigenvalue weighted by atomic mass is 10.1. The lowest BCUT2D eigenvalue weighted by Crippen LogP contribution is -2.37. The van der Waals surface area contributed by atoms with E-state index in [0.717, 1.165) is 12.0 Å². The molecule has 1 saturated heterocycles. The topological polar surface area (TPSA) is 40.6 Å². The maximum Gasteiger partial charge on any atom is 0.228 e. The van der Waals surface area contributed by atoms with Gasteiger partial charge in [0, 0.05) is 32.6 Å². The third-order valence-corrected chi connectivity index (χ3v) is 4.27. The zero-order chi connectivity index (χ0) is 15.4. The molecule has 2 amide bonds. The molecule has 1 fully saturated rings. The van der Waals surface area contributed by atoms with Gasteiger partial charge in [-0.25, -0.2) is 0 Å². The highest BCUT2D eigenvalue weighted by molar-refractivity contribution is 5.89. The minimum atomic E-state index is -0.194. The molecule has 1 heterocycles. The second-order valence-electron chi connectivity index (χ2n) is 5.88. The van der Waals surface area contributed by atoms with Gasteiger partial charge >= 0.3 is 0 Å². The zero-order valence-corrected chi connectivity index (χ0v) is 13.1. The van der Waals surface area contributed by atoms with Crippen molar-refractivity contribution in [3.63, 3.8) is 0 Å². The minimum absolute atomic E-state index is 0.0676. The van der Waals surface area contributed by atoms with Gasteiger partial charge in [0.2, 0.25) is 11.8 Å². The van der Waals surface area contributed by atoms with Crippen LogP contribution in [0.1, 0.15) is 32.3 Å². The maximum atomic E-state index is 12.5. The largest absolute Gasteiger partial charge is 0.341 e. The second kappa shape index (κ2) is 6.74. The Balaban J connectivity index is 1.96. The Labute approximate surface area is 126 Å². The number of hydrogen-bond donors (Lipinski definition) is 0. The maximum absolute atomic E-state index is 12.5. The predicted molar refractivity (Wildman–Crippen MR) is 82.5 cm³/mol. The first kappa shape index (κ1) is 15.5. The monoisotopic (exact) mass is 288 g/mol. The SMILES string of the molecule is CCC(C)N1CC(C(=O)N(C)Cc2ccccc2)CC1=O. The quantitative estimate of drug-likeness (QED) is 0.834. The molecule has 0 aromatic heterocycles. The standard InChI is InChI=1S/C17H24N2O2/c1-4-13(2)19-12-15(10-16(19)20)17(21)18(3)11-14-8-6-5-7-9-14/h5-9,13,15H,4,10-12H2,1-3H3. The summed E-state index contributed by atoms with van der Waals surface area (Å²) in [6.45, 7) is 5.26. The van der Waals surface area contributed by atoms with Gasteiger partial charge in [-0.3, -0.25) is 9.59 Å². The molecule has 114 valence electrons. The van der Waals surface area contributed by atoms with E-state index in [9.17, 15) is 9.59 Å². The first-order valence-electron chi connectivity index (χ1n) is 7.61. The van der Waals surface area contributed by atoms with Crippen LogP contribution in [-0.2, 0) is 16.1 Å². The van der Waals surface area contributed by atoms with Crippen LogP contribution in [0.15, 0.2) is 30.3 Å². The number of hydrogen-bond acceptors (Lipinski definition) is 2. The van der Waals surface area contributed by atoms with Crippen molar-refractivity contribution in [3.05, 3.63) is 35.9 Å². The normalized spacial score (nSPS) is 19.7. The van der Waals surface area contributed by atoms with E-state index in [1.807, 2.05) is 49.2 Å². The van der Waals surface area contributed by atoms with E-state index >= 15 is 0 Å². The van der Waals surface area contributed by atoms with Crippen LogP contribution in [0, 0.1) is 5.92 Å². The number of rotatable bonds is 5. The van der Waals surface area contributed by atoms with E-state index in [-0.39, 0.29) is 23.8 Å². The summed E-state index contributed by atoms with van der Waals surface area (Å²) in [7, 11) is 1.81. The van der Waals surface area contributed by atoms with Crippen LogP contribution in [0.2, 0.25) is 0 Å². The van der Waals surface area contributed by atoms with E-state index in [0.29, 0.717) is 19.5 Å². The molecule has 2 atom stereocenters. The highest BCUT2D eigenvalue weighted by Gasteiger charge is 2.37. The lowest BCUT2D eigenvalue weighted by molar-refractivity contribution is -0.135. The molecule has 2 rings (SSSR count). The predicted octanol–water partition coefficient (Wildman–Crippen LogP) is 2.29. The van der Waals surface area contributed by atoms with E-state index in [2.05, 4.69) is 6.92 Å². The summed E-state index contributed by atoms with van der Waals surface area (Å²) in [4.78, 5) is 28.1. The van der Waals surface area contributed by atoms with Gasteiger partial charge in [-0.1, -0.05) is 37.3 Å². The van der Waals surface area contributed by atoms with Crippen molar-refractivity contribution in [2.75, 3.05) is 13.6 Å². The van der Waals surface area contributed by atoms with Crippen LogP contribution in [0.4, 0.5) is 0 Å². The van der Waals surface area contributed by atoms with Crippen molar-refractivity contribution in [1.29, 1.82) is 0 Å². The van der Waals surface area contributed by atoms with Crippen LogP contribution < -0.4 is 0 Å². The molecule has 4 nitrogen and oxygen atoms in total. The fourth-order valence-electron chi connectivity index (χ4n) is 2.79. The van der Waals surface area contributed by atoms with Crippen LogP contribution in [0.25, 0.3) is 0 Å². The summed E-state index contributed by atoms with van der Waals surface area (Å²) in [5.74, 6) is -0.0194. The van der Waals surface area contributed by atoms with Gasteiger partial charge in [-0.2, -0.15) is 0 Å². The Morgan fingerprint density at radius 3 is 2.67 bits per heavy atom. The fourth-order valence-corrected chi connectivity index (χ4v) is 2.79. The van der Waals surface area contributed by atoms with Gasteiger partial charge in [0.25, 0.3) is 0 Å². The fraction of sp³-hybridized carbons (Fsp3) is 0.529. The molecule has 21 heavy (non-hydrogen) atoms. The molecular weight excluding hydrogens is 264 g/mol. The van der Waals surface area contributed by atoms with E-state index in [1.54, 1.807) is 4.90 Å². The molecule has 0 bridgehead atoms. The Bertz CT molecular complexity index is 501. The van der Waals surface area contributed by atoms with E-state index < -0.39 is 0 Å². The van der Waals surface area contributed by atoms with Crippen LogP contribution in [0.3, 0.4) is 0 Å². The van der Waals surface area contributed by atoms with Gasteiger partial charge in [0.1, 0.15) is 0 Å². The molecule has 0 spiro atoms. The average Bonchev–Trinajstić information content (AvgIpc) is 2.88. The number of likely N-dealkylation sites (tertiary alicyclic amines) is 1. The molecule has 1 aromatic carbocycles. The molecule has 0 radical (unpaired) electrons. The highest BCUT2D eigenvalue weighted by atomic mass is 16.2. The smallest absolute Gasteiger partial charge is 0.228 e. The number of nitrogens with zero attached hydrogens (tertiary/aromatic N) is 2. The molecule has 2 unspecified atom stereocenters. The number of benzene rings is 1. The number of carbonyl (C=O) groups excluding carboxylic acids is 2. The van der Waals surface area contributed by atoms with Crippen LogP contribution in [-0.4, -0.2) is 41.2 Å². The Morgan fingerprint density at radius 2 is 2.05 bits per heavy atom. The van der Waals surface area contributed by atoms with Gasteiger partial charge in [-0.15, -0.1) is 0 Å². The summed E-state index contributed by atoms with van der Waals surface area (Å²) in [6.07, 6.45) is 1.27. The Hall–Kier alpha value is -1.84. The molecule has 4 heteroatoms. The van der Waals surface area contributed by atoms with Crippen LogP contribution in [0.5, 0.6) is 0 Å². The van der Waals surface area contributed by atoms with E-state index in [4.69, 9.17) is 0 Å². The van der Waals surface area contributed by atoms with Gasteiger partial charge < -0.3 is 9.80 Å². The van der Waals surface area contributed by atoms with Crippen molar-refractivity contribution in [3.8, 4) is 0 Å². The number of amides is 2. The third kappa shape index (κ3) is 3.63. The van der Waals surface area contributed by atoms with Crippen molar-refractivity contribution < 1.29 is 9.59 Å². The molecule has 0 aliphatic carbocycles. The molecular formula is C17H24N2O2. The summed E-state index contributed by atoms with van der Waals surface area (Å²) >= 11 is 0. The summed E-state index contributed by atoms with van der Waals surface area (Å²) in [5, 5.41) is 0. The molecule has 0 saturated carbocycles. The number of carbonyl (C=O) groups is 2. The van der Waals surface area contributed by atoms with E-state index in [1.165, 1.54) is 0 Å². The summed E-state index contributed by atoms with van der Waals surface area (Å²) in [6, 6.07) is 10.1. The van der Waals surface area contributed by atoms with Crippen LogP contribution >= 0.6 is 0 Å². The molecule has 1 aromatic rings. The second-order valence-corrected chi connectivity index (χ2v) is 5.88. The summed E-state index contributed by atoms with van der Waals surface area (Å²) in [5.41, 5.74) is 1.11. The van der Waals surface area contributed by atoms with Gasteiger partial charge in [0.05, 0.1) is 5.92 Å². The average molecular weight is 288 g/mol. The highest BCUT2D eigenvalue weighted by Crippen LogP contribution is 2.23. The van der Waals surface area contributed by atoms with Crippen molar-refractivity contribution in [2.45, 2.75) is 39.3 Å². The van der Waals surface area contributed by atoms with Crippen molar-refractivity contribution in [2.24, 2.45) is 5.92 Å². The minimum Gasteiger partial charge on any atom is -0.341 e. The van der Waals surface area contributed by atoms with Crippen molar-refractivity contribution >= 4 is 11.8 Å². The molecule has 0 N–H and O–H groups in total. The summed E-state index contributed by atoms with van der Waals surface area (Å²) < 4.78 is 0. The molecule has 1 aliphatic rings. The van der Waals surface area contributed by atoms with Gasteiger partial charge in [0.15, 0.2) is 0 Å². The first-order valence-corrected chi connectivity index (χ1v) is 7.61. The Kier molecular flexibility index (Phi) is 4.99. The zero-order valence-electron chi connectivity index (χ0n) is 13.1. The lowest BCUT2D eigenvalue weighted by Gasteiger charge is -2.24. The Morgan fingerprint density at radius 1 is 1.38 bits per heavy atom. The molecule has 1 aliphatic heterocycles. The van der Waals surface area contributed by atoms with Crippen molar-refractivity contribution in [1.82, 2.24) is 9.80 Å².